The predicted octanol–water partition coefficient (Wildman–Crippen LogP) is 10.8. The molecule has 1 unspecified atom stereocenters. The van der Waals surface area contributed by atoms with E-state index in [4.69, 9.17) is 18.8 Å². The van der Waals surface area contributed by atoms with E-state index in [1.807, 2.05) is 66.7 Å². The molecule has 1 aliphatic heterocycles. The van der Waals surface area contributed by atoms with E-state index in [0.717, 1.165) is 88.3 Å². The summed E-state index contributed by atoms with van der Waals surface area (Å²) in [6.45, 7) is 0. The number of nitrogens with zero attached hydrogens (tertiary/aromatic N) is 2. The molecule has 0 bridgehead atoms. The summed E-state index contributed by atoms with van der Waals surface area (Å²) < 4.78 is 12.4. The number of furan rings is 2. The minimum absolute atomic E-state index is 0.360. The third-order valence-corrected chi connectivity index (χ3v) is 9.33. The Morgan fingerprint density at radius 3 is 1.85 bits per heavy atom. The predicted molar refractivity (Wildman–Crippen MR) is 196 cm³/mol. The highest BCUT2D eigenvalue weighted by molar-refractivity contribution is 6.15. The fourth-order valence-electron chi connectivity index (χ4n) is 7.08. The van der Waals surface area contributed by atoms with Gasteiger partial charge in [0.1, 0.15) is 34.3 Å². The first-order valence-electron chi connectivity index (χ1n) is 16.1. The number of aliphatic imine (C=N–C) groups is 2. The molecule has 0 spiro atoms. The van der Waals surface area contributed by atoms with Crippen LogP contribution in [0, 0.1) is 0 Å². The number of fused-ring (bicyclic) bond motifs is 7. The lowest BCUT2D eigenvalue weighted by atomic mass is 9.96. The number of benzene rings is 7. The van der Waals surface area contributed by atoms with Crippen molar-refractivity contribution in [1.82, 2.24) is 5.32 Å². The van der Waals surface area contributed by atoms with Crippen molar-refractivity contribution in [2.75, 3.05) is 0 Å². The van der Waals surface area contributed by atoms with Crippen LogP contribution in [0.4, 0.5) is 0 Å². The second-order valence-corrected chi connectivity index (χ2v) is 12.2. The number of nitrogens with one attached hydrogen (secondary N) is 1. The van der Waals surface area contributed by atoms with Crippen LogP contribution in [0.25, 0.3) is 65.8 Å². The Bertz CT molecular complexity index is 2770. The van der Waals surface area contributed by atoms with E-state index >= 15 is 0 Å². The van der Waals surface area contributed by atoms with Gasteiger partial charge in [0.15, 0.2) is 5.84 Å². The highest BCUT2D eigenvalue weighted by Crippen LogP contribution is 2.38. The SMILES string of the molecule is c1ccc(C2=NC(c3ccc4cc(-c5cccc6oc7ccccc7c56)ccc4c3)=NC(c3cccc4oc5ccccc5c34)N2)cc1. The lowest BCUT2D eigenvalue weighted by Gasteiger charge is -2.24. The third-order valence-electron chi connectivity index (χ3n) is 9.33. The molecule has 0 radical (unpaired) electrons. The number of hydrogen-bond acceptors (Lipinski definition) is 5. The lowest BCUT2D eigenvalue weighted by molar-refractivity contribution is 0.662. The summed E-state index contributed by atoms with van der Waals surface area (Å²) in [6.07, 6.45) is -0.360. The van der Waals surface area contributed by atoms with Crippen molar-refractivity contribution in [3.8, 4) is 11.1 Å². The molecule has 5 heteroatoms. The van der Waals surface area contributed by atoms with Gasteiger partial charge in [0.2, 0.25) is 0 Å². The molecule has 0 saturated carbocycles. The van der Waals surface area contributed by atoms with E-state index in [1.165, 1.54) is 0 Å². The Morgan fingerprint density at radius 2 is 1.08 bits per heavy atom. The Balaban J connectivity index is 1.10. The van der Waals surface area contributed by atoms with Gasteiger partial charge in [-0.3, -0.25) is 0 Å². The molecule has 1 aliphatic rings. The second-order valence-electron chi connectivity index (χ2n) is 12.2. The second kappa shape index (κ2) is 10.5. The zero-order chi connectivity index (χ0) is 31.6. The molecule has 5 nitrogen and oxygen atoms in total. The maximum atomic E-state index is 6.23. The summed E-state index contributed by atoms with van der Waals surface area (Å²) in [7, 11) is 0. The first-order chi connectivity index (χ1) is 23.8. The minimum Gasteiger partial charge on any atom is -0.456 e. The van der Waals surface area contributed by atoms with Gasteiger partial charge >= 0.3 is 0 Å². The summed E-state index contributed by atoms with van der Waals surface area (Å²) in [5.41, 5.74) is 8.83. The standard InChI is InChI=1S/C43H27N3O2/c1-2-10-26(11-3-1)41-44-42(46-43(45-41)34-15-9-19-38-40(34)33-13-5-7-17-36(33)48-38)30-23-21-27-24-29(22-20-28(27)25-30)31-14-8-18-37-39(31)32-12-4-6-16-35(32)47-37/h1-25,43H,(H,44,45,46). The fraction of sp³-hybridized carbons (Fsp3) is 0.0233. The highest BCUT2D eigenvalue weighted by atomic mass is 16.3. The Morgan fingerprint density at radius 1 is 0.479 bits per heavy atom. The fourth-order valence-corrected chi connectivity index (χ4v) is 7.08. The zero-order valence-electron chi connectivity index (χ0n) is 25.7. The first-order valence-corrected chi connectivity index (χ1v) is 16.1. The highest BCUT2D eigenvalue weighted by Gasteiger charge is 2.24. The van der Waals surface area contributed by atoms with Crippen molar-refractivity contribution in [1.29, 1.82) is 0 Å². The molecule has 48 heavy (non-hydrogen) atoms. The molecule has 226 valence electrons. The number of amidine groups is 2. The first kappa shape index (κ1) is 26.7. The van der Waals surface area contributed by atoms with Gasteiger partial charge in [-0.15, -0.1) is 0 Å². The molecular formula is C43H27N3O2. The quantitative estimate of drug-likeness (QED) is 0.214. The van der Waals surface area contributed by atoms with Crippen LogP contribution in [-0.2, 0) is 0 Å². The van der Waals surface area contributed by atoms with Gasteiger partial charge in [-0.1, -0.05) is 115 Å². The maximum Gasteiger partial charge on any atom is 0.159 e. The molecule has 0 amide bonds. The number of rotatable bonds is 4. The van der Waals surface area contributed by atoms with Crippen molar-refractivity contribution in [3.05, 3.63) is 168 Å². The van der Waals surface area contributed by atoms with E-state index in [2.05, 4.69) is 90.2 Å². The molecule has 2 aromatic heterocycles. The van der Waals surface area contributed by atoms with E-state index in [9.17, 15) is 0 Å². The number of hydrogen-bond donors (Lipinski definition) is 1. The lowest BCUT2D eigenvalue weighted by Crippen LogP contribution is -2.33. The van der Waals surface area contributed by atoms with Gasteiger partial charge in [0.25, 0.3) is 0 Å². The Hall–Kier alpha value is -6.46. The normalized spacial score (nSPS) is 14.9. The van der Waals surface area contributed by atoms with Crippen molar-refractivity contribution >= 4 is 66.3 Å². The Kier molecular flexibility index (Phi) is 5.87. The van der Waals surface area contributed by atoms with Gasteiger partial charge in [0.05, 0.1) is 0 Å². The molecule has 1 N–H and O–H groups in total. The van der Waals surface area contributed by atoms with Gasteiger partial charge in [-0.2, -0.15) is 0 Å². The van der Waals surface area contributed by atoms with Crippen LogP contribution < -0.4 is 5.32 Å². The van der Waals surface area contributed by atoms with Crippen LogP contribution in [-0.4, -0.2) is 11.7 Å². The van der Waals surface area contributed by atoms with Crippen molar-refractivity contribution in [3.63, 3.8) is 0 Å². The molecule has 1 atom stereocenters. The molecular weight excluding hydrogens is 590 g/mol. The van der Waals surface area contributed by atoms with Crippen LogP contribution in [0.1, 0.15) is 22.9 Å². The van der Waals surface area contributed by atoms with Crippen molar-refractivity contribution in [2.45, 2.75) is 6.17 Å². The topological polar surface area (TPSA) is 63.0 Å². The molecule has 0 fully saturated rings. The van der Waals surface area contributed by atoms with Crippen LogP contribution in [0.15, 0.2) is 170 Å². The Labute approximate surface area is 275 Å². The maximum absolute atomic E-state index is 6.23. The van der Waals surface area contributed by atoms with Crippen LogP contribution >= 0.6 is 0 Å². The molecule has 10 rings (SSSR count). The summed E-state index contributed by atoms with van der Waals surface area (Å²) in [4.78, 5) is 10.3. The summed E-state index contributed by atoms with van der Waals surface area (Å²) in [6, 6.07) is 52.2. The summed E-state index contributed by atoms with van der Waals surface area (Å²) in [5.74, 6) is 1.47. The summed E-state index contributed by atoms with van der Waals surface area (Å²) in [5, 5.41) is 10.3. The molecule has 9 aromatic rings. The van der Waals surface area contributed by atoms with Gasteiger partial charge in [-0.05, 0) is 58.3 Å². The monoisotopic (exact) mass is 617 g/mol. The average Bonchev–Trinajstić information content (AvgIpc) is 3.73. The van der Waals surface area contributed by atoms with Gasteiger partial charge in [0, 0.05) is 38.2 Å². The van der Waals surface area contributed by atoms with E-state index < -0.39 is 0 Å². The van der Waals surface area contributed by atoms with E-state index in [0.29, 0.717) is 5.84 Å². The largest absolute Gasteiger partial charge is 0.456 e. The minimum atomic E-state index is -0.360. The van der Waals surface area contributed by atoms with Crippen molar-refractivity contribution in [2.24, 2.45) is 9.98 Å². The van der Waals surface area contributed by atoms with Crippen LogP contribution in [0.3, 0.4) is 0 Å². The van der Waals surface area contributed by atoms with Gasteiger partial charge in [-0.25, -0.2) is 9.98 Å². The van der Waals surface area contributed by atoms with E-state index in [1.54, 1.807) is 0 Å². The van der Waals surface area contributed by atoms with E-state index in [-0.39, 0.29) is 6.17 Å². The molecule has 0 aliphatic carbocycles. The number of para-hydroxylation sites is 2. The van der Waals surface area contributed by atoms with Crippen molar-refractivity contribution < 1.29 is 8.83 Å². The molecule has 3 heterocycles. The molecule has 7 aromatic carbocycles. The zero-order valence-corrected chi connectivity index (χ0v) is 25.7. The molecule has 0 saturated heterocycles. The average molecular weight is 618 g/mol. The third kappa shape index (κ3) is 4.25. The van der Waals surface area contributed by atoms with Gasteiger partial charge < -0.3 is 14.2 Å². The smallest absolute Gasteiger partial charge is 0.159 e. The van der Waals surface area contributed by atoms with Crippen LogP contribution in [0.2, 0.25) is 0 Å². The van der Waals surface area contributed by atoms with Crippen LogP contribution in [0.5, 0.6) is 0 Å². The summed E-state index contributed by atoms with van der Waals surface area (Å²) >= 11 is 0.